The summed E-state index contributed by atoms with van der Waals surface area (Å²) in [6.45, 7) is 14.9. The zero-order chi connectivity index (χ0) is 55.5. The molecule has 0 aromatic heterocycles. The summed E-state index contributed by atoms with van der Waals surface area (Å²) in [7, 11) is 0. The number of fused-ring (bicyclic) bond motifs is 7. The number of phenolic OH excluding ortho intramolecular Hbond substituents is 1. The van der Waals surface area contributed by atoms with Gasteiger partial charge in [-0.1, -0.05) is 71.6 Å². The lowest BCUT2D eigenvalue weighted by Crippen LogP contribution is -2.54. The topological polar surface area (TPSA) is 224 Å². The van der Waals surface area contributed by atoms with E-state index in [1.807, 2.05) is 0 Å². The van der Waals surface area contributed by atoms with Crippen LogP contribution in [0.25, 0.3) is 33.4 Å². The first kappa shape index (κ1) is 57.0. The van der Waals surface area contributed by atoms with Crippen molar-refractivity contribution in [3.05, 3.63) is 87.1 Å². The third kappa shape index (κ3) is 12.4. The number of aromatic hydroxyl groups is 1. The van der Waals surface area contributed by atoms with Crippen LogP contribution < -0.4 is 26.7 Å². The Balaban J connectivity index is 0.863. The number of aryl methyl sites for hydroxylation is 1. The molecule has 5 aliphatic carbocycles. The smallest absolute Gasteiger partial charge is 0.303 e. The zero-order valence-corrected chi connectivity index (χ0v) is 45.5. The van der Waals surface area contributed by atoms with Crippen LogP contribution in [0.1, 0.15) is 153 Å². The molecule has 0 saturated heterocycles. The number of carbonyl (C=O) groups excluding carboxylic acids is 3. The first-order valence-electron chi connectivity index (χ1n) is 28.0. The molecule has 77 heavy (non-hydrogen) atoms. The lowest BCUT2D eigenvalue weighted by Gasteiger charge is -2.58. The number of benzene rings is 3. The van der Waals surface area contributed by atoms with Gasteiger partial charge in [0, 0.05) is 59.6 Å². The second-order valence-electron chi connectivity index (χ2n) is 23.9. The predicted octanol–water partition coefficient (Wildman–Crippen LogP) is 10.7. The van der Waals surface area contributed by atoms with Gasteiger partial charge in [0.1, 0.15) is 23.4 Å². The van der Waals surface area contributed by atoms with Gasteiger partial charge in [0.05, 0.1) is 0 Å². The van der Waals surface area contributed by atoms with E-state index in [0.717, 1.165) is 79.0 Å². The molecular formula is C61H78F2N4O10. The first-order valence-corrected chi connectivity index (χ1v) is 28.0. The van der Waals surface area contributed by atoms with Gasteiger partial charge >= 0.3 is 11.9 Å². The molecule has 0 spiro atoms. The van der Waals surface area contributed by atoms with Crippen LogP contribution in [-0.4, -0.2) is 76.2 Å². The van der Waals surface area contributed by atoms with Gasteiger partial charge in [-0.05, 0) is 166 Å². The Bertz CT molecular complexity index is 2940. The van der Waals surface area contributed by atoms with E-state index in [1.54, 1.807) is 12.5 Å². The number of hydrogen-bond donors (Lipinski definition) is 7. The van der Waals surface area contributed by atoms with Crippen LogP contribution in [0.15, 0.2) is 63.3 Å². The molecule has 416 valence electrons. The highest BCUT2D eigenvalue weighted by atomic mass is 19.1. The van der Waals surface area contributed by atoms with Gasteiger partial charge in [0.2, 0.25) is 17.2 Å². The Hall–Kier alpha value is -6.16. The van der Waals surface area contributed by atoms with E-state index < -0.39 is 77.4 Å². The van der Waals surface area contributed by atoms with Gasteiger partial charge in [-0.15, -0.1) is 0 Å². The van der Waals surface area contributed by atoms with E-state index in [9.17, 15) is 52.9 Å². The molecule has 16 heteroatoms. The predicted molar refractivity (Wildman–Crippen MR) is 290 cm³/mol. The molecule has 3 fully saturated rings. The van der Waals surface area contributed by atoms with Gasteiger partial charge < -0.3 is 41.0 Å². The lowest BCUT2D eigenvalue weighted by atomic mass is 9.47. The quantitative estimate of drug-likeness (QED) is 0.0223. The molecule has 0 radical (unpaired) electrons. The maximum absolute atomic E-state index is 14.8. The van der Waals surface area contributed by atoms with Crippen molar-refractivity contribution in [2.45, 2.75) is 162 Å². The number of rotatable bonds is 22. The van der Waals surface area contributed by atoms with Crippen molar-refractivity contribution in [2.75, 3.05) is 13.1 Å². The summed E-state index contributed by atoms with van der Waals surface area (Å²) in [5, 5.41) is 41.0. The van der Waals surface area contributed by atoms with E-state index in [0.29, 0.717) is 35.5 Å². The number of amides is 3. The average molecular weight is 1070 g/mol. The van der Waals surface area contributed by atoms with Crippen LogP contribution in [0.5, 0.6) is 5.75 Å². The maximum Gasteiger partial charge on any atom is 0.303 e. The number of aliphatic carboxylic acids is 2. The number of carboxylic acids is 2. The van der Waals surface area contributed by atoms with Crippen molar-refractivity contribution in [3.63, 3.8) is 0 Å². The summed E-state index contributed by atoms with van der Waals surface area (Å²) in [5.41, 5.74) is 2.52. The fourth-order valence-electron chi connectivity index (χ4n) is 14.5. The molecule has 2 aromatic carbocycles. The number of allylic oxidation sites excluding steroid dienone is 1. The average Bonchev–Trinajstić information content (AvgIpc) is 4.01. The Morgan fingerprint density at radius 2 is 1.51 bits per heavy atom. The molecular weight excluding hydrogens is 987 g/mol. The Morgan fingerprint density at radius 1 is 0.779 bits per heavy atom. The highest BCUT2D eigenvalue weighted by Crippen LogP contribution is 2.67. The fourth-order valence-corrected chi connectivity index (χ4v) is 14.5. The minimum atomic E-state index is -1.46. The monoisotopic (exact) mass is 1060 g/mol. The number of carboxylic acid groups (broad SMARTS) is 2. The van der Waals surface area contributed by atoms with E-state index in [-0.39, 0.29) is 58.2 Å². The fraction of sp³-hybridized carbons (Fsp3) is 0.574. The molecule has 7 N–H and O–H groups in total. The molecule has 6 aliphatic rings. The van der Waals surface area contributed by atoms with Crippen LogP contribution in [-0.2, 0) is 19.2 Å². The van der Waals surface area contributed by atoms with Crippen LogP contribution >= 0.6 is 0 Å². The van der Waals surface area contributed by atoms with E-state index in [1.165, 1.54) is 69.6 Å². The van der Waals surface area contributed by atoms with Gasteiger partial charge in [0.15, 0.2) is 17.4 Å². The third-order valence-corrected chi connectivity index (χ3v) is 18.5. The van der Waals surface area contributed by atoms with Crippen LogP contribution in [0.2, 0.25) is 0 Å². The molecule has 4 unspecified atom stereocenters. The Labute approximate surface area is 450 Å². The summed E-state index contributed by atoms with van der Waals surface area (Å²) in [4.78, 5) is 76.9. The minimum Gasteiger partial charge on any atom is -0.505 e. The summed E-state index contributed by atoms with van der Waals surface area (Å²) in [6.07, 6.45) is 15.4. The van der Waals surface area contributed by atoms with Crippen molar-refractivity contribution in [1.82, 2.24) is 21.3 Å². The van der Waals surface area contributed by atoms with Gasteiger partial charge in [-0.25, -0.2) is 8.78 Å². The van der Waals surface area contributed by atoms with Crippen LogP contribution in [0.3, 0.4) is 0 Å². The molecule has 10 atom stereocenters. The second-order valence-corrected chi connectivity index (χ2v) is 23.9. The van der Waals surface area contributed by atoms with Gasteiger partial charge in [-0.2, -0.15) is 0 Å². The molecule has 1 heterocycles. The number of nitrogens with one attached hydrogen (secondary N) is 4. The minimum absolute atomic E-state index is 0.00394. The molecule has 8 rings (SSSR count). The van der Waals surface area contributed by atoms with Crippen molar-refractivity contribution < 1.29 is 52.5 Å². The zero-order valence-electron chi connectivity index (χ0n) is 45.5. The number of halogens is 2. The largest absolute Gasteiger partial charge is 0.505 e. The summed E-state index contributed by atoms with van der Waals surface area (Å²) in [5.74, 6) is -2.87. The Kier molecular flexibility index (Phi) is 17.7. The molecule has 2 aromatic rings. The van der Waals surface area contributed by atoms with Gasteiger partial charge in [-0.3, -0.25) is 28.8 Å². The van der Waals surface area contributed by atoms with E-state index in [4.69, 9.17) is 4.42 Å². The molecule has 1 aliphatic heterocycles. The summed E-state index contributed by atoms with van der Waals surface area (Å²) < 4.78 is 35.2. The van der Waals surface area contributed by atoms with Gasteiger partial charge in [0.25, 0.3) is 5.91 Å². The number of phenols is 1. The van der Waals surface area contributed by atoms with Crippen molar-refractivity contribution in [3.8, 4) is 28.2 Å². The summed E-state index contributed by atoms with van der Waals surface area (Å²) >= 11 is 0. The molecule has 3 amide bonds. The van der Waals surface area contributed by atoms with Crippen molar-refractivity contribution in [2.24, 2.45) is 46.3 Å². The number of hydrogen-bond acceptors (Lipinski definition) is 9. The highest BCUT2D eigenvalue weighted by Gasteiger charge is 2.59. The first-order chi connectivity index (χ1) is 36.6. The Morgan fingerprint density at radius 3 is 2.21 bits per heavy atom. The van der Waals surface area contributed by atoms with Crippen LogP contribution in [0, 0.1) is 64.9 Å². The third-order valence-electron chi connectivity index (χ3n) is 18.5. The lowest BCUT2D eigenvalue weighted by molar-refractivity contribution is -0.139. The normalized spacial score (nSPS) is 25.0. The van der Waals surface area contributed by atoms with Crippen molar-refractivity contribution in [1.29, 1.82) is 0 Å². The molecule has 0 bridgehead atoms. The standard InChI is InChI=1S/C61H78F2N4O10/c1-33(2)9-7-10-34(3)43-15-16-44-40-14-12-37-28-38(21-23-60(37,5)45(40)22-24-61(43,44)6)64-25-8-26-65-58(75)48(17-19-54(70)71)67-59(76)49(18-20-55(72)73)66-57(74)36-11-13-39(35(4)27-36)56-41-29-46(62)50(68)31-52(41)77-53-32-51(69)47(63)30-42(53)56/h11-13,27,29-34,38,40,43-45,48-49,64,68H,7-10,14-26,28H2,1-6H3,(H,65,75)(H,66,74)(H,67,76)(H,70,71)(H,72,73)/t34-,38+,40+,43?,44+,45?,48+,49+,60?,61?/m1/s1. The van der Waals surface area contributed by atoms with E-state index >= 15 is 0 Å². The number of carbonyl (C=O) groups is 5. The maximum atomic E-state index is 14.8. The highest BCUT2D eigenvalue weighted by molar-refractivity contribution is 6.04. The van der Waals surface area contributed by atoms with Crippen LogP contribution in [0.4, 0.5) is 8.78 Å². The molecule has 3 saturated carbocycles. The van der Waals surface area contributed by atoms with E-state index in [2.05, 4.69) is 62.0 Å². The SMILES string of the molecule is Cc1cc(C(=O)N[C@@H](CCC(=O)O)C(=O)N[C@@H](CCC(=O)O)C(=O)NCCCN[C@H]2CCC3(C)C(=CC[C@@H]4C3CCC3(C)C([C@H](C)CCCC(C)C)CC[C@@H]43)C2)ccc1-c1c2cc(F)c(=O)cc-2oc2cc(O)c(F)cc12. The molecule has 14 nitrogen and oxygen atoms in total. The second kappa shape index (κ2) is 23.8. The summed E-state index contributed by atoms with van der Waals surface area (Å²) in [6, 6.07) is 5.83. The van der Waals surface area contributed by atoms with Crippen molar-refractivity contribution >= 4 is 40.6 Å².